The van der Waals surface area contributed by atoms with Crippen molar-refractivity contribution in [2.24, 2.45) is 11.3 Å². The Balaban J connectivity index is 1.69. The molecule has 2 fully saturated rings. The molecule has 1 spiro atoms. The van der Waals surface area contributed by atoms with Gasteiger partial charge < -0.3 is 9.80 Å². The SMILES string of the molecule is CC(C)CCN1C[C@]2(CCCN(C(=O)c3ccccn3)C2)CCC1=O. The smallest absolute Gasteiger partial charge is 0.272 e. The van der Waals surface area contributed by atoms with Gasteiger partial charge in [0.1, 0.15) is 5.69 Å². The molecule has 3 heterocycles. The maximum atomic E-state index is 12.8. The first kappa shape index (κ1) is 17.9. The second-order valence-electron chi connectivity index (χ2n) is 8.04. The standard InChI is InChI=1S/C20H29N3O2/c1-16(2)8-13-22-14-20(10-7-18(22)24)9-5-12-23(15-20)19(25)17-6-3-4-11-21-17/h3-4,6,11,16H,5,7-10,12-15H2,1-2H3/t20-/m0/s1. The summed E-state index contributed by atoms with van der Waals surface area (Å²) in [5, 5.41) is 0. The minimum Gasteiger partial charge on any atom is -0.342 e. The Morgan fingerprint density at radius 3 is 2.84 bits per heavy atom. The summed E-state index contributed by atoms with van der Waals surface area (Å²) in [6.45, 7) is 7.55. The Morgan fingerprint density at radius 1 is 1.28 bits per heavy atom. The number of carbonyl (C=O) groups excluding carboxylic acids is 2. The molecule has 2 saturated heterocycles. The van der Waals surface area contributed by atoms with Gasteiger partial charge >= 0.3 is 0 Å². The fourth-order valence-electron chi connectivity index (χ4n) is 4.09. The molecular formula is C20H29N3O2. The molecule has 0 saturated carbocycles. The Labute approximate surface area is 150 Å². The first-order valence-electron chi connectivity index (χ1n) is 9.47. The number of rotatable bonds is 4. The van der Waals surface area contributed by atoms with Crippen LogP contribution in [-0.4, -0.2) is 52.8 Å². The predicted molar refractivity (Wildman–Crippen MR) is 97.1 cm³/mol. The van der Waals surface area contributed by atoms with Crippen LogP contribution >= 0.6 is 0 Å². The van der Waals surface area contributed by atoms with Gasteiger partial charge in [-0.25, -0.2) is 0 Å². The number of piperidine rings is 2. The van der Waals surface area contributed by atoms with E-state index in [9.17, 15) is 9.59 Å². The molecule has 2 aliphatic rings. The molecule has 2 amide bonds. The molecule has 3 rings (SSSR count). The third-order valence-electron chi connectivity index (χ3n) is 5.56. The molecular weight excluding hydrogens is 314 g/mol. The van der Waals surface area contributed by atoms with Crippen LogP contribution in [0.15, 0.2) is 24.4 Å². The molecule has 1 aromatic heterocycles. The molecule has 136 valence electrons. The van der Waals surface area contributed by atoms with E-state index < -0.39 is 0 Å². The quantitative estimate of drug-likeness (QED) is 0.844. The van der Waals surface area contributed by atoms with Gasteiger partial charge in [-0.15, -0.1) is 0 Å². The van der Waals surface area contributed by atoms with Gasteiger partial charge in [0.25, 0.3) is 5.91 Å². The highest BCUT2D eigenvalue weighted by molar-refractivity contribution is 5.92. The van der Waals surface area contributed by atoms with E-state index in [-0.39, 0.29) is 17.2 Å². The minimum absolute atomic E-state index is 0.0188. The highest BCUT2D eigenvalue weighted by atomic mass is 16.2. The van der Waals surface area contributed by atoms with Crippen molar-refractivity contribution in [3.8, 4) is 0 Å². The summed E-state index contributed by atoms with van der Waals surface area (Å²) in [7, 11) is 0. The normalized spacial score (nSPS) is 24.2. The van der Waals surface area contributed by atoms with E-state index in [2.05, 4.69) is 18.8 Å². The highest BCUT2D eigenvalue weighted by Gasteiger charge is 2.42. The highest BCUT2D eigenvalue weighted by Crippen LogP contribution is 2.39. The van der Waals surface area contributed by atoms with Crippen LogP contribution in [0.2, 0.25) is 0 Å². The van der Waals surface area contributed by atoms with Crippen molar-refractivity contribution in [1.29, 1.82) is 0 Å². The van der Waals surface area contributed by atoms with Crippen molar-refractivity contribution >= 4 is 11.8 Å². The van der Waals surface area contributed by atoms with Crippen LogP contribution in [-0.2, 0) is 4.79 Å². The zero-order valence-corrected chi connectivity index (χ0v) is 15.4. The molecule has 1 atom stereocenters. The van der Waals surface area contributed by atoms with E-state index in [1.165, 1.54) is 0 Å². The van der Waals surface area contributed by atoms with Gasteiger partial charge in [-0.1, -0.05) is 19.9 Å². The monoisotopic (exact) mass is 343 g/mol. The second-order valence-corrected chi connectivity index (χ2v) is 8.04. The third kappa shape index (κ3) is 4.20. The summed E-state index contributed by atoms with van der Waals surface area (Å²) in [5.41, 5.74) is 0.580. The lowest BCUT2D eigenvalue weighted by molar-refractivity contribution is -0.139. The van der Waals surface area contributed by atoms with Crippen molar-refractivity contribution in [2.45, 2.75) is 46.0 Å². The van der Waals surface area contributed by atoms with Gasteiger partial charge in [0.15, 0.2) is 0 Å². The number of carbonyl (C=O) groups is 2. The second kappa shape index (κ2) is 7.54. The molecule has 0 aliphatic carbocycles. The van der Waals surface area contributed by atoms with Crippen molar-refractivity contribution < 1.29 is 9.59 Å². The van der Waals surface area contributed by atoms with E-state index in [1.54, 1.807) is 12.3 Å². The fourth-order valence-corrected chi connectivity index (χ4v) is 4.09. The summed E-state index contributed by atoms with van der Waals surface area (Å²) in [6.07, 6.45) is 6.33. The zero-order valence-electron chi connectivity index (χ0n) is 15.4. The molecule has 0 unspecified atom stereocenters. The maximum Gasteiger partial charge on any atom is 0.272 e. The molecule has 0 bridgehead atoms. The fraction of sp³-hybridized carbons (Fsp3) is 0.650. The summed E-state index contributed by atoms with van der Waals surface area (Å²) < 4.78 is 0. The summed E-state index contributed by atoms with van der Waals surface area (Å²) in [6, 6.07) is 5.46. The van der Waals surface area contributed by atoms with E-state index in [0.29, 0.717) is 18.0 Å². The Hall–Kier alpha value is -1.91. The van der Waals surface area contributed by atoms with Crippen molar-refractivity contribution in [3.63, 3.8) is 0 Å². The Morgan fingerprint density at radius 2 is 2.12 bits per heavy atom. The number of hydrogen-bond acceptors (Lipinski definition) is 3. The van der Waals surface area contributed by atoms with Gasteiger partial charge in [0.05, 0.1) is 0 Å². The van der Waals surface area contributed by atoms with Crippen LogP contribution in [0.4, 0.5) is 0 Å². The zero-order chi connectivity index (χ0) is 17.9. The van der Waals surface area contributed by atoms with E-state index in [4.69, 9.17) is 0 Å². The minimum atomic E-state index is 0.0188. The lowest BCUT2D eigenvalue weighted by Gasteiger charge is -2.48. The predicted octanol–water partition coefficient (Wildman–Crippen LogP) is 2.97. The van der Waals surface area contributed by atoms with Crippen molar-refractivity contribution in [2.75, 3.05) is 26.2 Å². The molecule has 0 aromatic carbocycles. The first-order chi connectivity index (χ1) is 12.0. The lowest BCUT2D eigenvalue weighted by Crippen LogP contribution is -2.55. The average molecular weight is 343 g/mol. The third-order valence-corrected chi connectivity index (χ3v) is 5.56. The van der Waals surface area contributed by atoms with Crippen LogP contribution in [0.25, 0.3) is 0 Å². The molecule has 25 heavy (non-hydrogen) atoms. The molecule has 5 heteroatoms. The largest absolute Gasteiger partial charge is 0.342 e. The molecule has 5 nitrogen and oxygen atoms in total. The van der Waals surface area contributed by atoms with Gasteiger partial charge in [0, 0.05) is 44.2 Å². The Bertz CT molecular complexity index is 617. The summed E-state index contributed by atoms with van der Waals surface area (Å²) in [4.78, 5) is 33.3. The van der Waals surface area contributed by atoms with Gasteiger partial charge in [0.2, 0.25) is 5.91 Å². The van der Waals surface area contributed by atoms with Crippen LogP contribution in [0.5, 0.6) is 0 Å². The van der Waals surface area contributed by atoms with E-state index in [0.717, 1.165) is 51.9 Å². The van der Waals surface area contributed by atoms with Crippen molar-refractivity contribution in [1.82, 2.24) is 14.8 Å². The van der Waals surface area contributed by atoms with Crippen LogP contribution in [0.3, 0.4) is 0 Å². The molecule has 0 N–H and O–H groups in total. The molecule has 2 aliphatic heterocycles. The number of pyridine rings is 1. The number of nitrogens with zero attached hydrogens (tertiary/aromatic N) is 3. The summed E-state index contributed by atoms with van der Waals surface area (Å²) in [5.74, 6) is 0.893. The van der Waals surface area contributed by atoms with Crippen LogP contribution in [0.1, 0.15) is 56.4 Å². The van der Waals surface area contributed by atoms with Gasteiger partial charge in [-0.2, -0.15) is 0 Å². The molecule has 1 aromatic rings. The molecule has 0 radical (unpaired) electrons. The van der Waals surface area contributed by atoms with E-state index >= 15 is 0 Å². The topological polar surface area (TPSA) is 53.5 Å². The lowest BCUT2D eigenvalue weighted by atomic mass is 9.73. The van der Waals surface area contributed by atoms with E-state index in [1.807, 2.05) is 21.9 Å². The Kier molecular flexibility index (Phi) is 5.40. The van der Waals surface area contributed by atoms with Crippen LogP contribution < -0.4 is 0 Å². The summed E-state index contributed by atoms with van der Waals surface area (Å²) >= 11 is 0. The first-order valence-corrected chi connectivity index (χ1v) is 9.47. The number of amides is 2. The van der Waals surface area contributed by atoms with Gasteiger partial charge in [-0.05, 0) is 43.7 Å². The average Bonchev–Trinajstić information content (AvgIpc) is 2.63. The number of aromatic nitrogens is 1. The number of hydrogen-bond donors (Lipinski definition) is 0. The van der Waals surface area contributed by atoms with Crippen LogP contribution in [0, 0.1) is 11.3 Å². The van der Waals surface area contributed by atoms with Crippen molar-refractivity contribution in [3.05, 3.63) is 30.1 Å². The maximum absolute atomic E-state index is 12.8. The number of likely N-dealkylation sites (tertiary alicyclic amines) is 2. The van der Waals surface area contributed by atoms with Gasteiger partial charge in [-0.3, -0.25) is 14.6 Å².